The molecule has 0 saturated heterocycles. The van der Waals surface area contributed by atoms with Crippen molar-refractivity contribution < 1.29 is 19.1 Å². The highest BCUT2D eigenvalue weighted by Gasteiger charge is 2.63. The SMILES string of the molecule is CC(C)(C)CC1C=C(C(=O)O)C(c2cccc(Cl)c2F)C12C(=O)Nc1cc(Cl)ccc12. The average Bonchev–Trinajstić information content (AvgIpc) is 3.12. The van der Waals surface area contributed by atoms with Gasteiger partial charge in [0, 0.05) is 22.2 Å². The van der Waals surface area contributed by atoms with Gasteiger partial charge in [0.05, 0.1) is 10.4 Å². The van der Waals surface area contributed by atoms with Gasteiger partial charge in [-0.2, -0.15) is 0 Å². The average molecular weight is 462 g/mol. The van der Waals surface area contributed by atoms with E-state index in [9.17, 15) is 14.7 Å². The van der Waals surface area contributed by atoms with E-state index in [0.717, 1.165) is 0 Å². The lowest BCUT2D eigenvalue weighted by atomic mass is 9.61. The Kier molecular flexibility index (Phi) is 5.18. The molecule has 0 aromatic heterocycles. The Labute approximate surface area is 190 Å². The van der Waals surface area contributed by atoms with Crippen molar-refractivity contribution in [3.05, 3.63) is 75.0 Å². The molecule has 1 spiro atoms. The number of fused-ring (bicyclic) bond motifs is 2. The molecule has 1 heterocycles. The number of halogens is 3. The molecule has 4 rings (SSSR count). The lowest BCUT2D eigenvalue weighted by molar-refractivity contribution is -0.133. The monoisotopic (exact) mass is 461 g/mol. The highest BCUT2D eigenvalue weighted by atomic mass is 35.5. The standard InChI is InChI=1S/C24H22Cl2FNO3/c1-23(2,3)11-12-9-15(21(29)30)19(14-5-4-6-17(26)20(14)27)24(12)16-8-7-13(25)10-18(16)28-22(24)31/h4-10,12,19H,11H2,1-3H3,(H,28,31)(H,29,30). The summed E-state index contributed by atoms with van der Waals surface area (Å²) in [6, 6.07) is 9.52. The molecule has 0 radical (unpaired) electrons. The second-order valence-electron chi connectivity index (χ2n) is 9.39. The summed E-state index contributed by atoms with van der Waals surface area (Å²) in [6.07, 6.45) is 2.15. The van der Waals surface area contributed by atoms with Crippen molar-refractivity contribution in [2.75, 3.05) is 5.32 Å². The van der Waals surface area contributed by atoms with Gasteiger partial charge in [0.15, 0.2) is 0 Å². The molecule has 0 bridgehead atoms. The van der Waals surface area contributed by atoms with Crippen LogP contribution < -0.4 is 5.32 Å². The first-order valence-corrected chi connectivity index (χ1v) is 10.7. The van der Waals surface area contributed by atoms with Gasteiger partial charge in [-0.3, -0.25) is 4.79 Å². The molecular weight excluding hydrogens is 440 g/mol. The van der Waals surface area contributed by atoms with Crippen molar-refractivity contribution in [1.29, 1.82) is 0 Å². The molecule has 4 nitrogen and oxygen atoms in total. The van der Waals surface area contributed by atoms with E-state index in [1.54, 1.807) is 30.3 Å². The van der Waals surface area contributed by atoms with Crippen molar-refractivity contribution >= 4 is 40.8 Å². The summed E-state index contributed by atoms with van der Waals surface area (Å²) in [4.78, 5) is 26.0. The molecule has 0 saturated carbocycles. The number of benzene rings is 2. The largest absolute Gasteiger partial charge is 0.478 e. The summed E-state index contributed by atoms with van der Waals surface area (Å²) in [5.74, 6) is -3.78. The fourth-order valence-electron chi connectivity index (χ4n) is 5.12. The predicted octanol–water partition coefficient (Wildman–Crippen LogP) is 6.18. The van der Waals surface area contributed by atoms with E-state index < -0.39 is 29.0 Å². The van der Waals surface area contributed by atoms with Gasteiger partial charge < -0.3 is 10.4 Å². The molecule has 31 heavy (non-hydrogen) atoms. The molecule has 2 aliphatic rings. The molecule has 0 fully saturated rings. The van der Waals surface area contributed by atoms with Crippen LogP contribution in [-0.2, 0) is 15.0 Å². The van der Waals surface area contributed by atoms with Gasteiger partial charge in [0.1, 0.15) is 5.82 Å². The summed E-state index contributed by atoms with van der Waals surface area (Å²) in [7, 11) is 0. The summed E-state index contributed by atoms with van der Waals surface area (Å²) in [6.45, 7) is 6.08. The van der Waals surface area contributed by atoms with Gasteiger partial charge in [-0.1, -0.05) is 68.2 Å². The molecule has 162 valence electrons. The number of carboxylic acids is 1. The molecule has 7 heteroatoms. The molecular formula is C24H22Cl2FNO3. The Morgan fingerprint density at radius 1 is 1.23 bits per heavy atom. The molecule has 2 aromatic rings. The normalized spacial score (nSPS) is 24.8. The maximum Gasteiger partial charge on any atom is 0.331 e. The zero-order valence-electron chi connectivity index (χ0n) is 17.3. The fourth-order valence-corrected chi connectivity index (χ4v) is 5.47. The Balaban J connectivity index is 2.06. The van der Waals surface area contributed by atoms with Crippen LogP contribution in [0.3, 0.4) is 0 Å². The lowest BCUT2D eigenvalue weighted by Gasteiger charge is -2.39. The van der Waals surface area contributed by atoms with Crippen molar-refractivity contribution in [2.45, 2.75) is 38.5 Å². The molecule has 1 aliphatic carbocycles. The first-order chi connectivity index (χ1) is 14.5. The lowest BCUT2D eigenvalue weighted by Crippen LogP contribution is -2.45. The highest BCUT2D eigenvalue weighted by Crippen LogP contribution is 2.61. The minimum atomic E-state index is -1.33. The second kappa shape index (κ2) is 7.35. The van der Waals surface area contributed by atoms with Gasteiger partial charge in [-0.05, 0) is 47.1 Å². The van der Waals surface area contributed by atoms with Crippen LogP contribution >= 0.6 is 23.2 Å². The van der Waals surface area contributed by atoms with E-state index in [2.05, 4.69) is 5.32 Å². The van der Waals surface area contributed by atoms with Crippen LogP contribution in [0.1, 0.15) is 44.2 Å². The number of carbonyl (C=O) groups excluding carboxylic acids is 1. The van der Waals surface area contributed by atoms with Gasteiger partial charge in [0.25, 0.3) is 0 Å². The van der Waals surface area contributed by atoms with Gasteiger partial charge in [-0.15, -0.1) is 0 Å². The van der Waals surface area contributed by atoms with E-state index in [1.807, 2.05) is 20.8 Å². The van der Waals surface area contributed by atoms with Crippen LogP contribution in [0.4, 0.5) is 10.1 Å². The van der Waals surface area contributed by atoms with Gasteiger partial charge in [-0.25, -0.2) is 9.18 Å². The van der Waals surface area contributed by atoms with Crippen molar-refractivity contribution in [2.24, 2.45) is 11.3 Å². The Hall–Kier alpha value is -2.37. The van der Waals surface area contributed by atoms with Crippen LogP contribution in [0.25, 0.3) is 0 Å². The number of nitrogens with one attached hydrogen (secondary N) is 1. The van der Waals surface area contributed by atoms with E-state index >= 15 is 4.39 Å². The number of carbonyl (C=O) groups is 2. The Bertz CT molecular complexity index is 1140. The van der Waals surface area contributed by atoms with Crippen molar-refractivity contribution in [3.63, 3.8) is 0 Å². The van der Waals surface area contributed by atoms with E-state index in [-0.39, 0.29) is 27.5 Å². The van der Waals surface area contributed by atoms with Crippen molar-refractivity contribution in [1.82, 2.24) is 0 Å². The summed E-state index contributed by atoms with van der Waals surface area (Å²) >= 11 is 12.2. The Morgan fingerprint density at radius 3 is 2.58 bits per heavy atom. The van der Waals surface area contributed by atoms with Crippen LogP contribution in [0.15, 0.2) is 48.0 Å². The third-order valence-corrected chi connectivity index (χ3v) is 6.68. The first-order valence-electron chi connectivity index (χ1n) is 9.97. The minimum Gasteiger partial charge on any atom is -0.478 e. The number of rotatable bonds is 3. The quantitative estimate of drug-likeness (QED) is 0.572. The van der Waals surface area contributed by atoms with E-state index in [4.69, 9.17) is 23.2 Å². The number of amides is 1. The summed E-state index contributed by atoms with van der Waals surface area (Å²) in [5.41, 5.74) is -0.317. The smallest absolute Gasteiger partial charge is 0.331 e. The molecule has 1 aliphatic heterocycles. The molecule has 2 N–H and O–H groups in total. The maximum absolute atomic E-state index is 15.3. The van der Waals surface area contributed by atoms with Crippen molar-refractivity contribution in [3.8, 4) is 0 Å². The number of anilines is 1. The predicted molar refractivity (Wildman–Crippen MR) is 119 cm³/mol. The number of hydrogen-bond acceptors (Lipinski definition) is 2. The Morgan fingerprint density at radius 2 is 1.94 bits per heavy atom. The zero-order valence-corrected chi connectivity index (χ0v) is 18.8. The van der Waals surface area contributed by atoms with Crippen LogP contribution in [-0.4, -0.2) is 17.0 Å². The second-order valence-corrected chi connectivity index (χ2v) is 10.2. The number of aliphatic carboxylic acids is 1. The third kappa shape index (κ3) is 3.35. The van der Waals surface area contributed by atoms with Gasteiger partial charge in [0.2, 0.25) is 5.91 Å². The van der Waals surface area contributed by atoms with Crippen LogP contribution in [0.2, 0.25) is 10.0 Å². The number of hydrogen-bond donors (Lipinski definition) is 2. The van der Waals surface area contributed by atoms with E-state index in [1.165, 1.54) is 12.1 Å². The minimum absolute atomic E-state index is 0.00614. The van der Waals surface area contributed by atoms with Gasteiger partial charge >= 0.3 is 5.97 Å². The summed E-state index contributed by atoms with van der Waals surface area (Å²) < 4.78 is 15.3. The third-order valence-electron chi connectivity index (χ3n) is 6.15. The highest BCUT2D eigenvalue weighted by molar-refractivity contribution is 6.31. The van der Waals surface area contributed by atoms with Crippen LogP contribution in [0, 0.1) is 17.2 Å². The zero-order chi connectivity index (χ0) is 22.7. The number of carboxylic acid groups (broad SMARTS) is 1. The maximum atomic E-state index is 15.3. The van der Waals surface area contributed by atoms with Crippen LogP contribution in [0.5, 0.6) is 0 Å². The molecule has 3 atom stereocenters. The topological polar surface area (TPSA) is 66.4 Å². The first kappa shape index (κ1) is 21.8. The van der Waals surface area contributed by atoms with E-state index in [0.29, 0.717) is 22.7 Å². The molecule has 2 aromatic carbocycles. The molecule has 1 amide bonds. The fraction of sp³-hybridized carbons (Fsp3) is 0.333. The number of allylic oxidation sites excluding steroid dienone is 1. The summed E-state index contributed by atoms with van der Waals surface area (Å²) in [5, 5.41) is 13.3. The molecule has 3 unspecified atom stereocenters.